The van der Waals surface area contributed by atoms with Crippen LogP contribution in [0.2, 0.25) is 0 Å². The molecule has 0 spiro atoms. The number of benzene rings is 1. The second-order valence-electron chi connectivity index (χ2n) is 8.16. The molecule has 1 atom stereocenters. The molecule has 3 heterocycles. The van der Waals surface area contributed by atoms with Crippen molar-refractivity contribution in [3.63, 3.8) is 0 Å². The van der Waals surface area contributed by atoms with Gasteiger partial charge < -0.3 is 30.2 Å². The second kappa shape index (κ2) is 10.5. The fourth-order valence-corrected chi connectivity index (χ4v) is 3.86. The van der Waals surface area contributed by atoms with E-state index in [0.717, 1.165) is 0 Å². The summed E-state index contributed by atoms with van der Waals surface area (Å²) in [6.07, 6.45) is 3.64. The first-order chi connectivity index (χ1) is 16.5. The van der Waals surface area contributed by atoms with Crippen molar-refractivity contribution in [1.29, 1.82) is 0 Å². The minimum absolute atomic E-state index is 0.0679. The lowest BCUT2D eigenvalue weighted by Gasteiger charge is -2.29. The Morgan fingerprint density at radius 3 is 2.91 bits per heavy atom. The van der Waals surface area contributed by atoms with Crippen molar-refractivity contribution in [2.45, 2.75) is 12.5 Å². The number of anilines is 1. The topological polar surface area (TPSA) is 139 Å². The average Bonchev–Trinajstić information content (AvgIpc) is 3.16. The average molecular weight is 468 g/mol. The van der Waals surface area contributed by atoms with Gasteiger partial charge in [0, 0.05) is 39.0 Å². The van der Waals surface area contributed by atoms with Crippen molar-refractivity contribution in [2.24, 2.45) is 4.99 Å². The molecule has 180 valence electrons. The van der Waals surface area contributed by atoms with Crippen LogP contribution in [0.5, 0.6) is 11.6 Å². The number of likely N-dealkylation sites (N-methyl/N-ethyl adjacent to an activating group) is 2. The van der Waals surface area contributed by atoms with Gasteiger partial charge in [-0.2, -0.15) is 0 Å². The van der Waals surface area contributed by atoms with E-state index in [1.54, 1.807) is 18.2 Å². The Hall–Kier alpha value is -3.70. The quantitative estimate of drug-likeness (QED) is 0.421. The van der Waals surface area contributed by atoms with Crippen LogP contribution in [0, 0.1) is 0 Å². The van der Waals surface area contributed by atoms with Gasteiger partial charge in [0.25, 0.3) is 0 Å². The van der Waals surface area contributed by atoms with E-state index in [0.29, 0.717) is 66.5 Å². The van der Waals surface area contributed by atoms with Crippen molar-refractivity contribution >= 4 is 34.7 Å². The number of aliphatic hydroxyl groups excluding tert-OH is 1. The molecule has 1 aromatic carbocycles. The molecule has 11 nitrogen and oxygen atoms in total. The van der Waals surface area contributed by atoms with Gasteiger partial charge in [0.15, 0.2) is 5.88 Å². The molecule has 2 aromatic heterocycles. The van der Waals surface area contributed by atoms with Gasteiger partial charge in [-0.15, -0.1) is 0 Å². The van der Waals surface area contributed by atoms with Crippen LogP contribution in [0.3, 0.4) is 0 Å². The number of hydrogen-bond acceptors (Lipinski definition) is 9. The minimum atomic E-state index is -0.636. The van der Waals surface area contributed by atoms with E-state index in [4.69, 9.17) is 4.74 Å². The van der Waals surface area contributed by atoms with Gasteiger partial charge in [-0.1, -0.05) is 6.07 Å². The molecule has 4 N–H and O–H groups in total. The molecule has 2 bridgehead atoms. The summed E-state index contributed by atoms with van der Waals surface area (Å²) in [5, 5.41) is 24.1. The van der Waals surface area contributed by atoms with Gasteiger partial charge >= 0.3 is 0 Å². The molecule has 1 aliphatic heterocycles. The summed E-state index contributed by atoms with van der Waals surface area (Å²) in [4.78, 5) is 32.2. The summed E-state index contributed by atoms with van der Waals surface area (Å²) in [5.41, 5.74) is 1.58. The SMILES string of the molecule is CN1CCNc2ncnc3[nH]c(O)c(c23)C=Nc2cccc(c2)OCCCN(C)[C@H](CO)C1=O. The molecule has 0 fully saturated rings. The lowest BCUT2D eigenvalue weighted by Crippen LogP contribution is -2.49. The molecule has 3 aromatic rings. The lowest BCUT2D eigenvalue weighted by molar-refractivity contribution is -0.136. The number of ether oxygens (including phenoxy) is 1. The molecular weight excluding hydrogens is 438 g/mol. The highest BCUT2D eigenvalue weighted by Crippen LogP contribution is 2.30. The number of hydrogen-bond donors (Lipinski definition) is 4. The number of aromatic hydroxyl groups is 1. The Bertz CT molecular complexity index is 1180. The van der Waals surface area contributed by atoms with Crippen LogP contribution in [-0.4, -0.2) is 100 Å². The number of aromatic nitrogens is 3. The summed E-state index contributed by atoms with van der Waals surface area (Å²) in [6.45, 7) is 1.58. The number of H-pyrrole nitrogens is 1. The third-order valence-corrected chi connectivity index (χ3v) is 5.80. The standard InChI is InChI=1S/C23H29N7O4/c1-29-8-4-10-34-16-6-3-5-15(11-16)25-12-17-19-20(26-14-27-21(19)28-22(17)32)24-7-9-30(2)23(33)18(29)13-31/h3,5-6,11-12,14,18,31-32H,4,7-10,13H2,1-2H3,(H2,24,26,27,28)/t18-/m1/s1. The molecule has 4 rings (SSSR count). The minimum Gasteiger partial charge on any atom is -0.494 e. The monoisotopic (exact) mass is 467 g/mol. The van der Waals surface area contributed by atoms with Crippen LogP contribution in [-0.2, 0) is 4.79 Å². The van der Waals surface area contributed by atoms with Gasteiger partial charge in [-0.25, -0.2) is 9.97 Å². The second-order valence-corrected chi connectivity index (χ2v) is 8.16. The number of fused-ring (bicyclic) bond motifs is 2. The maximum absolute atomic E-state index is 12.9. The Kier molecular flexibility index (Phi) is 7.24. The molecule has 0 unspecified atom stereocenters. The summed E-state index contributed by atoms with van der Waals surface area (Å²) >= 11 is 0. The van der Waals surface area contributed by atoms with Crippen molar-refractivity contribution < 1.29 is 19.7 Å². The number of nitrogens with one attached hydrogen (secondary N) is 2. The number of aliphatic hydroxyl groups is 1. The number of aromatic amines is 1. The Labute approximate surface area is 197 Å². The van der Waals surface area contributed by atoms with E-state index >= 15 is 0 Å². The van der Waals surface area contributed by atoms with E-state index in [1.807, 2.05) is 36.2 Å². The van der Waals surface area contributed by atoms with Crippen LogP contribution < -0.4 is 10.1 Å². The van der Waals surface area contributed by atoms with Crippen LogP contribution in [0.25, 0.3) is 11.0 Å². The zero-order valence-corrected chi connectivity index (χ0v) is 19.2. The first kappa shape index (κ1) is 23.5. The molecule has 0 aliphatic carbocycles. The third-order valence-electron chi connectivity index (χ3n) is 5.80. The summed E-state index contributed by atoms with van der Waals surface area (Å²) in [6, 6.07) is 6.71. The third kappa shape index (κ3) is 5.10. The number of nitrogens with zero attached hydrogens (tertiary/aromatic N) is 5. The maximum Gasteiger partial charge on any atom is 0.242 e. The van der Waals surface area contributed by atoms with Crippen molar-refractivity contribution in [3.05, 3.63) is 36.2 Å². The molecule has 0 radical (unpaired) electrons. The van der Waals surface area contributed by atoms with Crippen LogP contribution in [0.15, 0.2) is 35.6 Å². The normalized spacial score (nSPS) is 18.6. The van der Waals surface area contributed by atoms with E-state index in [2.05, 4.69) is 25.3 Å². The van der Waals surface area contributed by atoms with Crippen LogP contribution >= 0.6 is 0 Å². The Morgan fingerprint density at radius 2 is 2.09 bits per heavy atom. The number of carbonyl (C=O) groups excluding carboxylic acids is 1. The maximum atomic E-state index is 12.9. The number of amides is 1. The highest BCUT2D eigenvalue weighted by atomic mass is 16.5. The zero-order valence-electron chi connectivity index (χ0n) is 19.2. The first-order valence-corrected chi connectivity index (χ1v) is 11.1. The van der Waals surface area contributed by atoms with Crippen molar-refractivity contribution in [2.75, 3.05) is 52.3 Å². The van der Waals surface area contributed by atoms with Crippen LogP contribution in [0.1, 0.15) is 12.0 Å². The van der Waals surface area contributed by atoms with Crippen molar-refractivity contribution in [3.8, 4) is 11.6 Å². The van der Waals surface area contributed by atoms with E-state index in [9.17, 15) is 15.0 Å². The highest BCUT2D eigenvalue weighted by Gasteiger charge is 2.25. The molecular formula is C23H29N7O4. The van der Waals surface area contributed by atoms with Crippen molar-refractivity contribution in [1.82, 2.24) is 24.8 Å². The van der Waals surface area contributed by atoms with E-state index < -0.39 is 6.04 Å². The smallest absolute Gasteiger partial charge is 0.242 e. The largest absolute Gasteiger partial charge is 0.494 e. The molecule has 0 saturated carbocycles. The molecule has 34 heavy (non-hydrogen) atoms. The van der Waals surface area contributed by atoms with Gasteiger partial charge in [0.05, 0.1) is 29.9 Å². The lowest BCUT2D eigenvalue weighted by atomic mass is 10.2. The van der Waals surface area contributed by atoms with E-state index in [1.165, 1.54) is 6.33 Å². The fraction of sp³-hybridized carbons (Fsp3) is 0.391. The summed E-state index contributed by atoms with van der Waals surface area (Å²) in [5.74, 6) is 0.938. The van der Waals surface area contributed by atoms with Gasteiger partial charge in [0.1, 0.15) is 29.6 Å². The van der Waals surface area contributed by atoms with Gasteiger partial charge in [-0.3, -0.25) is 14.7 Å². The fourth-order valence-electron chi connectivity index (χ4n) is 3.86. The van der Waals surface area contributed by atoms with Gasteiger partial charge in [0.2, 0.25) is 5.91 Å². The van der Waals surface area contributed by atoms with E-state index in [-0.39, 0.29) is 18.4 Å². The summed E-state index contributed by atoms with van der Waals surface area (Å²) in [7, 11) is 3.52. The predicted octanol–water partition coefficient (Wildman–Crippen LogP) is 1.36. The zero-order chi connectivity index (χ0) is 24.1. The molecule has 0 saturated heterocycles. The number of rotatable bonds is 1. The van der Waals surface area contributed by atoms with Gasteiger partial charge in [-0.05, 0) is 25.6 Å². The molecule has 1 aliphatic rings. The Morgan fingerprint density at radius 1 is 1.24 bits per heavy atom. The summed E-state index contributed by atoms with van der Waals surface area (Å²) < 4.78 is 5.86. The highest BCUT2D eigenvalue weighted by molar-refractivity contribution is 6.06. The Balaban J connectivity index is 1.68. The number of aliphatic imine (C=N–C) groups is 1. The predicted molar refractivity (Wildman–Crippen MR) is 129 cm³/mol. The molecule has 1 amide bonds. The van der Waals surface area contributed by atoms with Crippen LogP contribution in [0.4, 0.5) is 11.5 Å². The molecule has 11 heteroatoms. The first-order valence-electron chi connectivity index (χ1n) is 11.1. The number of carbonyl (C=O) groups is 1.